The molecule has 0 fully saturated rings. The molecule has 6 heterocycles. The van der Waals surface area contributed by atoms with Gasteiger partial charge in [0.15, 0.2) is 0 Å². The largest absolute Gasteiger partial charge is 0.424 e. The van der Waals surface area contributed by atoms with Gasteiger partial charge in [0.1, 0.15) is 16.3 Å². The molecule has 0 aliphatic carbocycles. The van der Waals surface area contributed by atoms with Crippen molar-refractivity contribution in [2.75, 3.05) is 0 Å². The number of nitrogens with zero attached hydrogens (tertiary/aromatic N) is 10. The molecule has 0 N–H and O–H groups in total. The topological polar surface area (TPSA) is 147 Å². The van der Waals surface area contributed by atoms with Gasteiger partial charge in [0, 0.05) is 51.0 Å². The zero-order valence-corrected chi connectivity index (χ0v) is 81.0. The Balaban J connectivity index is -0.0000000888. The van der Waals surface area contributed by atoms with Crippen LogP contribution >= 0.6 is 22.7 Å². The number of thiazole rings is 1. The fraction of sp³-hybridized carbons (Fsp3) is 0.744. The lowest BCUT2D eigenvalue weighted by atomic mass is 9.91. The average molecular weight is 1500 g/mol. The van der Waals surface area contributed by atoms with E-state index < -0.39 is 0 Å². The predicted octanol–water partition coefficient (Wildman–Crippen LogP) is 31.2. The molecule has 7 rings (SSSR count). The molecule has 0 aliphatic rings. The van der Waals surface area contributed by atoms with Crippen molar-refractivity contribution < 1.29 is 8.94 Å². The van der Waals surface area contributed by atoms with Crippen molar-refractivity contribution >= 4 is 22.7 Å². The van der Waals surface area contributed by atoms with Gasteiger partial charge in [0.2, 0.25) is 11.8 Å². The molecule has 6 aromatic heterocycles. The first-order chi connectivity index (χ1) is 47.0. The summed E-state index contributed by atoms with van der Waals surface area (Å²) < 4.78 is 11.9. The van der Waals surface area contributed by atoms with Crippen molar-refractivity contribution in [1.29, 1.82) is 0 Å². The van der Waals surface area contributed by atoms with Crippen LogP contribution in [0.4, 0.5) is 0 Å². The summed E-state index contributed by atoms with van der Waals surface area (Å²) in [5, 5.41) is 32.5. The van der Waals surface area contributed by atoms with E-state index in [4.69, 9.17) is 4.42 Å². The molecule has 0 amide bonds. The second-order valence-corrected chi connectivity index (χ2v) is 38.3. The summed E-state index contributed by atoms with van der Waals surface area (Å²) in [7, 11) is 0. The van der Waals surface area contributed by atoms with E-state index in [-0.39, 0.29) is 32.6 Å². The molecule has 1 aromatic carbocycles. The molecular formula is C90H182N10O2S2. The van der Waals surface area contributed by atoms with E-state index in [0.29, 0.717) is 22.6 Å². The Hall–Kier alpha value is -4.95. The Morgan fingerprint density at radius 1 is 0.337 bits per heavy atom. The predicted molar refractivity (Wildman–Crippen MR) is 475 cm³/mol. The van der Waals surface area contributed by atoms with E-state index >= 15 is 0 Å². The quantitative estimate of drug-likeness (QED) is 0.143. The highest BCUT2D eigenvalue weighted by molar-refractivity contribution is 7.11. The average Bonchev–Trinajstić information content (AvgIpc) is 1.67. The summed E-state index contributed by atoms with van der Waals surface area (Å²) in [6.45, 7) is 113. The Labute approximate surface area is 659 Å². The monoisotopic (exact) mass is 1500 g/mol. The molecule has 616 valence electrons. The van der Waals surface area contributed by atoms with Gasteiger partial charge in [-0.25, -0.2) is 4.68 Å². The zero-order chi connectivity index (χ0) is 85.7. The van der Waals surface area contributed by atoms with Gasteiger partial charge in [0.25, 0.3) is 0 Å². The highest BCUT2D eigenvalue weighted by atomic mass is 32.1. The number of benzene rings is 1. The molecule has 14 heteroatoms. The molecule has 7 aromatic rings. The maximum atomic E-state index is 5.59. The number of pyridine rings is 1. The van der Waals surface area contributed by atoms with E-state index in [0.717, 1.165) is 51.2 Å². The van der Waals surface area contributed by atoms with Crippen LogP contribution in [0.15, 0.2) is 112 Å². The Bertz CT molecular complexity index is 2230. The van der Waals surface area contributed by atoms with Gasteiger partial charge < -0.3 is 8.94 Å². The van der Waals surface area contributed by atoms with E-state index in [1.54, 1.807) is 59.0 Å². The first kappa shape index (κ1) is 126. The van der Waals surface area contributed by atoms with Crippen molar-refractivity contribution in [2.24, 2.45) is 46.3 Å². The number of hydrogen-bond acceptors (Lipinski definition) is 13. The maximum Gasteiger partial charge on any atom is 0.221 e. The molecular weight excluding hydrogens is 1320 g/mol. The molecule has 0 spiro atoms. The highest BCUT2D eigenvalue weighted by Gasteiger charge is 2.28. The molecule has 0 radical (unpaired) electrons. The van der Waals surface area contributed by atoms with Crippen LogP contribution in [-0.2, 0) is 32.6 Å². The minimum absolute atomic E-state index is 0.0145. The molecule has 0 saturated carbocycles. The van der Waals surface area contributed by atoms with Crippen LogP contribution in [0.1, 0.15) is 393 Å². The van der Waals surface area contributed by atoms with E-state index in [1.165, 1.54) is 12.0 Å². The van der Waals surface area contributed by atoms with Gasteiger partial charge >= 0.3 is 0 Å². The summed E-state index contributed by atoms with van der Waals surface area (Å²) >= 11 is 3.33. The summed E-state index contributed by atoms with van der Waals surface area (Å²) in [6, 6.07) is 19.4. The van der Waals surface area contributed by atoms with Crippen LogP contribution in [0.25, 0.3) is 0 Å². The zero-order valence-electron chi connectivity index (χ0n) is 79.4. The fourth-order valence-corrected chi connectivity index (χ4v) is 5.68. The lowest BCUT2D eigenvalue weighted by Gasteiger charge is -2.22. The van der Waals surface area contributed by atoms with Crippen LogP contribution in [-0.4, -0.2) is 50.5 Å². The van der Waals surface area contributed by atoms with Crippen molar-refractivity contribution in [3.8, 4) is 0 Å². The lowest BCUT2D eigenvalue weighted by Crippen LogP contribution is -2.25. The van der Waals surface area contributed by atoms with Crippen molar-refractivity contribution in [1.82, 2.24) is 50.5 Å². The van der Waals surface area contributed by atoms with Crippen LogP contribution in [0.3, 0.4) is 0 Å². The number of rotatable bonds is 0. The SMILES string of the molecule is CC.CC.CC.CC.CC(C)(C)C.CC(C)(C)C.CC(C)(C)c1nnc(C(C)(C)C)o1.CC(C)(C)c1nnc(C(C)(C)C)s1.CC(C)C.CC(C)C.CC(C)C.CC(C)C.CC(C)C.CC(C)C.Cc1c(C(C)(C)C)nnn1C(C)(C)C.c1ccccc1.c1ccncc1.c1cnoc1.c1cscn1. The molecule has 12 nitrogen and oxygen atoms in total. The second kappa shape index (κ2) is 73.6. The minimum Gasteiger partial charge on any atom is -0.424 e. The van der Waals surface area contributed by atoms with Crippen molar-refractivity contribution in [2.45, 2.75) is 400 Å². The summed E-state index contributed by atoms with van der Waals surface area (Å²) in [6.07, 6.45) is 8.37. The van der Waals surface area contributed by atoms with Gasteiger partial charge in [-0.2, -0.15) is 0 Å². The Morgan fingerprint density at radius 2 is 0.615 bits per heavy atom. The normalized spacial score (nSPS) is 10.3. The van der Waals surface area contributed by atoms with Gasteiger partial charge in [-0.15, -0.1) is 48.2 Å². The first-order valence-electron chi connectivity index (χ1n) is 39.1. The third kappa shape index (κ3) is 127. The number of aromatic nitrogens is 10. The highest BCUT2D eigenvalue weighted by Crippen LogP contribution is 2.32. The summed E-state index contributed by atoms with van der Waals surface area (Å²) in [5.41, 5.74) is 5.28. The first-order valence-corrected chi connectivity index (χ1v) is 40.8. The van der Waals surface area contributed by atoms with E-state index in [2.05, 4.69) is 362 Å². The molecule has 104 heavy (non-hydrogen) atoms. The van der Waals surface area contributed by atoms with Gasteiger partial charge in [-0.3, -0.25) is 9.97 Å². The fourth-order valence-electron chi connectivity index (χ4n) is 4.37. The summed E-state index contributed by atoms with van der Waals surface area (Å²) in [4.78, 5) is 7.53. The summed E-state index contributed by atoms with van der Waals surface area (Å²) in [5.74, 6) is 6.41. The minimum atomic E-state index is -0.0590. The molecule has 0 bridgehead atoms. The van der Waals surface area contributed by atoms with Gasteiger partial charge in [-0.05, 0) is 92.2 Å². The molecule has 0 saturated heterocycles. The number of hydrogen-bond donors (Lipinski definition) is 0. The van der Waals surface area contributed by atoms with Crippen LogP contribution in [0, 0.1) is 53.3 Å². The van der Waals surface area contributed by atoms with E-state index in [1.807, 2.05) is 120 Å². The van der Waals surface area contributed by atoms with Crippen molar-refractivity contribution in [3.05, 3.63) is 136 Å². The lowest BCUT2D eigenvalue weighted by molar-refractivity contribution is 0.331. The molecule has 0 atom stereocenters. The third-order valence-electron chi connectivity index (χ3n) is 7.58. The standard InChI is InChI=1S/C11H21N3.C10H18N2O.C10H18N2S.C6H6.C5H5N.2C5H12.6C4H10.C3H3NO.C3H3NS.4C2H6/c1-8-9(10(2,3)4)12-13-14(8)11(5,6)7;2*1-9(2,3)7-11-12-8(13-7)10(4,5)6;2*1-2-4-6-5-3-1;2*1-5(2,3)4;6*1-4(2)3;1-2-4-5-3-1;1-2-5-3-4-1;4*1-2/h1-7H3;2*1-6H3;1-6H;1-5H;2*1-4H3;6*4H,1-3H3;2*1-3H;4*1-2H3. The van der Waals surface area contributed by atoms with Gasteiger partial charge in [0.05, 0.1) is 28.6 Å². The van der Waals surface area contributed by atoms with Crippen LogP contribution < -0.4 is 0 Å². The third-order valence-corrected chi connectivity index (χ3v) is 9.88. The molecule has 0 aliphatic heterocycles. The van der Waals surface area contributed by atoms with E-state index in [9.17, 15) is 0 Å². The van der Waals surface area contributed by atoms with Crippen LogP contribution in [0.5, 0.6) is 0 Å². The smallest absolute Gasteiger partial charge is 0.221 e. The Morgan fingerprint density at radius 3 is 0.721 bits per heavy atom. The van der Waals surface area contributed by atoms with Crippen molar-refractivity contribution in [3.63, 3.8) is 0 Å². The van der Waals surface area contributed by atoms with Crippen LogP contribution in [0.2, 0.25) is 0 Å². The Kier molecular flexibility index (Phi) is 88.9. The second-order valence-electron chi connectivity index (χ2n) is 36.6. The maximum absolute atomic E-state index is 5.59. The molecule has 0 unspecified atom stereocenters. The van der Waals surface area contributed by atoms with Gasteiger partial charge in [-0.1, -0.05) is 392 Å².